The summed E-state index contributed by atoms with van der Waals surface area (Å²) in [4.78, 5) is 0. The van der Waals surface area contributed by atoms with Gasteiger partial charge in [-0.05, 0) is 47.2 Å². The smallest absolute Gasteiger partial charge is 0.0991 e. The molecule has 1 fully saturated rings. The van der Waals surface area contributed by atoms with Crippen molar-refractivity contribution in [2.45, 2.75) is 13.8 Å². The minimum atomic E-state index is 0.575. The second-order valence-corrected chi connectivity index (χ2v) is 5.51. The molecule has 1 saturated carbocycles. The minimum absolute atomic E-state index is 0.575. The number of aryl methyl sites for hydroxylation is 1. The second kappa shape index (κ2) is 4.65. The summed E-state index contributed by atoms with van der Waals surface area (Å²) in [5, 5.41) is 8.97. The van der Waals surface area contributed by atoms with Gasteiger partial charge in [-0.2, -0.15) is 5.26 Å². The molecule has 0 heterocycles. The van der Waals surface area contributed by atoms with Gasteiger partial charge in [0.05, 0.1) is 11.6 Å². The van der Waals surface area contributed by atoms with Crippen molar-refractivity contribution in [3.05, 3.63) is 76.9 Å². The Morgan fingerprint density at radius 2 is 2.15 bits per heavy atom. The molecule has 20 heavy (non-hydrogen) atoms. The van der Waals surface area contributed by atoms with Crippen LogP contribution in [-0.2, 0) is 0 Å². The zero-order valence-electron chi connectivity index (χ0n) is 11.9. The molecule has 0 amide bonds. The third kappa shape index (κ3) is 1.85. The van der Waals surface area contributed by atoms with Crippen molar-refractivity contribution in [3.8, 4) is 6.07 Å². The van der Waals surface area contributed by atoms with Gasteiger partial charge in [-0.1, -0.05) is 49.4 Å². The van der Waals surface area contributed by atoms with Crippen LogP contribution in [0.5, 0.6) is 0 Å². The molecule has 2 unspecified atom stereocenters. The Balaban J connectivity index is 2.00. The highest BCUT2D eigenvalue weighted by atomic mass is 14.5. The molecule has 1 heteroatoms. The molecule has 0 N–H and O–H groups in total. The fraction of sp³-hybridized carbons (Fsp3) is 0.211. The van der Waals surface area contributed by atoms with E-state index in [1.807, 2.05) is 24.3 Å². The van der Waals surface area contributed by atoms with Crippen LogP contribution in [0.2, 0.25) is 0 Å². The van der Waals surface area contributed by atoms with Gasteiger partial charge in [-0.3, -0.25) is 0 Å². The normalized spacial score (nSPS) is 23.6. The number of rotatable bonds is 3. The summed E-state index contributed by atoms with van der Waals surface area (Å²) in [6, 6.07) is 8.17. The van der Waals surface area contributed by atoms with Crippen LogP contribution in [0.1, 0.15) is 23.6 Å². The van der Waals surface area contributed by atoms with Crippen molar-refractivity contribution in [3.63, 3.8) is 0 Å². The predicted octanol–water partition coefficient (Wildman–Crippen LogP) is 4.57. The van der Waals surface area contributed by atoms with Crippen LogP contribution in [0, 0.1) is 30.1 Å². The van der Waals surface area contributed by atoms with E-state index in [4.69, 9.17) is 5.26 Å². The second-order valence-electron chi connectivity index (χ2n) is 5.51. The van der Waals surface area contributed by atoms with Crippen molar-refractivity contribution < 1.29 is 0 Å². The van der Waals surface area contributed by atoms with Gasteiger partial charge in [0.15, 0.2) is 0 Å². The lowest BCUT2D eigenvalue weighted by atomic mass is 9.95. The largest absolute Gasteiger partial charge is 0.192 e. The molecule has 3 rings (SSSR count). The average molecular weight is 259 g/mol. The maximum absolute atomic E-state index is 8.97. The first-order valence-corrected chi connectivity index (χ1v) is 6.93. The van der Waals surface area contributed by atoms with E-state index in [0.717, 1.165) is 5.56 Å². The maximum atomic E-state index is 8.97. The first-order chi connectivity index (χ1) is 9.67. The molecular weight excluding hydrogens is 242 g/mol. The van der Waals surface area contributed by atoms with E-state index in [1.165, 1.54) is 22.3 Å². The maximum Gasteiger partial charge on any atom is 0.0991 e. The number of allylic oxidation sites excluding steroid dienone is 7. The lowest BCUT2D eigenvalue weighted by Crippen LogP contribution is -1.93. The number of fused-ring (bicyclic) bond motifs is 1. The molecular formula is C19H17N. The van der Waals surface area contributed by atoms with Crippen LogP contribution in [0.4, 0.5) is 0 Å². The Labute approximate surface area is 120 Å². The lowest BCUT2D eigenvalue weighted by molar-refractivity contribution is 0.912. The Morgan fingerprint density at radius 3 is 2.80 bits per heavy atom. The molecule has 0 bridgehead atoms. The average Bonchev–Trinajstić information content (AvgIpc) is 2.96. The van der Waals surface area contributed by atoms with Gasteiger partial charge in [0, 0.05) is 5.92 Å². The first kappa shape index (κ1) is 12.7. The number of hydrogen-bond donors (Lipinski definition) is 0. The lowest BCUT2D eigenvalue weighted by Gasteiger charge is -2.09. The molecule has 2 aliphatic carbocycles. The van der Waals surface area contributed by atoms with Crippen LogP contribution in [0.15, 0.2) is 60.2 Å². The predicted molar refractivity (Wildman–Crippen MR) is 82.9 cm³/mol. The third-order valence-corrected chi connectivity index (χ3v) is 4.27. The van der Waals surface area contributed by atoms with E-state index >= 15 is 0 Å². The summed E-state index contributed by atoms with van der Waals surface area (Å²) >= 11 is 0. The van der Waals surface area contributed by atoms with Crippen molar-refractivity contribution >= 4 is 5.57 Å². The number of nitriles is 1. The monoisotopic (exact) mass is 259 g/mol. The van der Waals surface area contributed by atoms with Crippen LogP contribution in [-0.4, -0.2) is 0 Å². The molecule has 0 aliphatic heterocycles. The van der Waals surface area contributed by atoms with Crippen LogP contribution >= 0.6 is 0 Å². The highest BCUT2D eigenvalue weighted by Gasteiger charge is 2.48. The van der Waals surface area contributed by atoms with E-state index in [9.17, 15) is 0 Å². The molecule has 1 nitrogen and oxygen atoms in total. The zero-order valence-corrected chi connectivity index (χ0v) is 11.9. The zero-order chi connectivity index (χ0) is 14.3. The minimum Gasteiger partial charge on any atom is -0.192 e. The van der Waals surface area contributed by atoms with Gasteiger partial charge in [0.2, 0.25) is 0 Å². The summed E-state index contributed by atoms with van der Waals surface area (Å²) in [7, 11) is 0. The van der Waals surface area contributed by atoms with E-state index in [-0.39, 0.29) is 0 Å². The SMILES string of the molecule is C=C/C=C\C1=C2C(C)C2C(c2ccc(C#N)cc2C)=C1. The van der Waals surface area contributed by atoms with Crippen molar-refractivity contribution in [1.29, 1.82) is 5.26 Å². The summed E-state index contributed by atoms with van der Waals surface area (Å²) in [5.74, 6) is 1.22. The van der Waals surface area contributed by atoms with Crippen LogP contribution < -0.4 is 0 Å². The number of hydrogen-bond acceptors (Lipinski definition) is 1. The number of benzene rings is 1. The first-order valence-electron chi connectivity index (χ1n) is 6.93. The molecule has 0 saturated heterocycles. The van der Waals surface area contributed by atoms with Crippen molar-refractivity contribution in [2.24, 2.45) is 11.8 Å². The van der Waals surface area contributed by atoms with Gasteiger partial charge in [-0.15, -0.1) is 0 Å². The summed E-state index contributed by atoms with van der Waals surface area (Å²) < 4.78 is 0. The standard InChI is InChI=1S/C19H17N/c1-4-5-6-15-10-17(19-13(3)18(15)19)16-8-7-14(11-20)9-12(16)2/h4-10,13,19H,1H2,2-3H3/b6-5-. The Bertz CT molecular complexity index is 723. The van der Waals surface area contributed by atoms with Crippen LogP contribution in [0.25, 0.3) is 5.57 Å². The molecule has 0 spiro atoms. The van der Waals surface area contributed by atoms with Crippen molar-refractivity contribution in [2.75, 3.05) is 0 Å². The Kier molecular flexibility index (Phi) is 2.95. The molecule has 1 aromatic rings. The van der Waals surface area contributed by atoms with Gasteiger partial charge in [-0.25, -0.2) is 0 Å². The molecule has 0 radical (unpaired) electrons. The Hall–Kier alpha value is -2.33. The van der Waals surface area contributed by atoms with Crippen molar-refractivity contribution in [1.82, 2.24) is 0 Å². The van der Waals surface area contributed by atoms with E-state index in [0.29, 0.717) is 11.8 Å². The fourth-order valence-electron chi connectivity index (χ4n) is 3.23. The van der Waals surface area contributed by atoms with Gasteiger partial charge in [0.25, 0.3) is 0 Å². The molecule has 2 aliphatic rings. The topological polar surface area (TPSA) is 23.8 Å². The van der Waals surface area contributed by atoms with E-state index in [1.54, 1.807) is 5.57 Å². The summed E-state index contributed by atoms with van der Waals surface area (Å²) in [6.07, 6.45) is 8.24. The van der Waals surface area contributed by atoms with Crippen LogP contribution in [0.3, 0.4) is 0 Å². The number of nitrogens with zero attached hydrogens (tertiary/aromatic N) is 1. The highest BCUT2D eigenvalue weighted by Crippen LogP contribution is 2.59. The molecule has 1 aromatic carbocycles. The quantitative estimate of drug-likeness (QED) is 0.729. The molecule has 2 atom stereocenters. The van der Waals surface area contributed by atoms with Gasteiger partial charge >= 0.3 is 0 Å². The van der Waals surface area contributed by atoms with Gasteiger partial charge < -0.3 is 0 Å². The summed E-state index contributed by atoms with van der Waals surface area (Å²) in [5.41, 5.74) is 7.47. The van der Waals surface area contributed by atoms with E-state index in [2.05, 4.69) is 44.7 Å². The third-order valence-electron chi connectivity index (χ3n) is 4.27. The summed E-state index contributed by atoms with van der Waals surface area (Å²) in [6.45, 7) is 8.10. The highest BCUT2D eigenvalue weighted by molar-refractivity contribution is 5.85. The van der Waals surface area contributed by atoms with E-state index < -0.39 is 0 Å². The molecule has 0 aromatic heterocycles. The van der Waals surface area contributed by atoms with Gasteiger partial charge in [0.1, 0.15) is 0 Å². The Morgan fingerprint density at radius 1 is 1.35 bits per heavy atom. The molecule has 98 valence electrons. The fourth-order valence-corrected chi connectivity index (χ4v) is 3.23.